The molecule has 126 valence electrons. The molecule has 0 bridgehead atoms. The fourth-order valence-electron chi connectivity index (χ4n) is 2.37. The summed E-state index contributed by atoms with van der Waals surface area (Å²) in [6.45, 7) is 2.20. The fourth-order valence-corrected chi connectivity index (χ4v) is 2.72. The van der Waals surface area contributed by atoms with Crippen LogP contribution >= 0.6 is 0 Å². The minimum Gasteiger partial charge on any atom is -0.744 e. The zero-order valence-corrected chi connectivity index (χ0v) is 18.4. The van der Waals surface area contributed by atoms with Crippen LogP contribution in [0, 0.1) is 0 Å². The van der Waals surface area contributed by atoms with Gasteiger partial charge < -0.3 is 4.55 Å². The molecule has 0 radical (unpaired) electrons. The number of hydrogen-bond donors (Lipinski definition) is 0. The Morgan fingerprint density at radius 2 is 1.30 bits per heavy atom. The van der Waals surface area contributed by atoms with Crippen molar-refractivity contribution in [2.75, 3.05) is 0 Å². The Morgan fingerprint density at radius 1 is 0.870 bits per heavy atom. The summed E-state index contributed by atoms with van der Waals surface area (Å²) in [5, 5.41) is 0. The van der Waals surface area contributed by atoms with E-state index in [-0.39, 0.29) is 56.9 Å². The van der Waals surface area contributed by atoms with Gasteiger partial charge in [-0.15, -0.1) is 0 Å². The minimum atomic E-state index is -5.04. The second-order valence-electron chi connectivity index (χ2n) is 5.69. The van der Waals surface area contributed by atoms with Gasteiger partial charge in [-0.05, 0) is 30.5 Å². The van der Waals surface area contributed by atoms with E-state index in [4.69, 9.17) is 5.48 Å². The smallest absolute Gasteiger partial charge is 0.744 e. The molecule has 0 aliphatic carbocycles. The molecule has 0 heterocycles. The van der Waals surface area contributed by atoms with Crippen molar-refractivity contribution in [3.63, 3.8) is 0 Å². The first-order valence-electron chi connectivity index (χ1n) is 10.3. The van der Waals surface area contributed by atoms with Gasteiger partial charge in [0.2, 0.25) is 0 Å². The van der Waals surface area contributed by atoms with Gasteiger partial charge >= 0.3 is 51.4 Å². The van der Waals surface area contributed by atoms with Crippen molar-refractivity contribution in [2.45, 2.75) is 82.4 Å². The zero-order chi connectivity index (χ0) is 19.7. The fraction of sp³-hybridized carbons (Fsp3) is 0.667. The molecule has 5 heteroatoms. The van der Waals surface area contributed by atoms with E-state index in [1.165, 1.54) is 38.5 Å². The van der Waals surface area contributed by atoms with Gasteiger partial charge in [0.05, 0.1) is 10.4 Å². The Kier molecular flexibility index (Phi) is 10.5. The van der Waals surface area contributed by atoms with Gasteiger partial charge in [-0.1, -0.05) is 76.8 Å². The van der Waals surface area contributed by atoms with Crippen LogP contribution in [0.4, 0.5) is 0 Å². The normalized spacial score (nSPS) is 13.7. The van der Waals surface area contributed by atoms with Gasteiger partial charge in [-0.2, -0.15) is 0 Å². The van der Waals surface area contributed by atoms with Crippen molar-refractivity contribution in [3.8, 4) is 0 Å². The van der Waals surface area contributed by atoms with Crippen LogP contribution < -0.4 is 51.4 Å². The standard InChI is InChI=1S/C18H30O3S.K/c1-2-3-4-5-6-7-8-9-10-11-12-17-13-15-18(16-14-17)22(19,20)21;/h13-16H,2-12H2,1H3,(H,19,20,21);/q;+1/p-1/i13D,14D,15D,16D;. The maximum absolute atomic E-state index is 11.2. The van der Waals surface area contributed by atoms with E-state index in [0.29, 0.717) is 6.42 Å². The van der Waals surface area contributed by atoms with Crippen LogP contribution in [0.1, 0.15) is 82.2 Å². The van der Waals surface area contributed by atoms with Crippen molar-refractivity contribution in [2.24, 2.45) is 0 Å². The Balaban J connectivity index is 0.00000676. The number of unbranched alkanes of at least 4 members (excludes halogenated alkanes) is 9. The van der Waals surface area contributed by atoms with E-state index in [1.807, 2.05) is 0 Å². The molecular formula is C18H29KO3S. The molecule has 0 saturated carbocycles. The van der Waals surface area contributed by atoms with Crippen LogP contribution in [-0.4, -0.2) is 13.0 Å². The van der Waals surface area contributed by atoms with E-state index < -0.39 is 39.2 Å². The maximum atomic E-state index is 11.2. The second-order valence-corrected chi connectivity index (χ2v) is 7.01. The zero-order valence-electron chi connectivity index (χ0n) is 18.4. The molecule has 3 nitrogen and oxygen atoms in total. The van der Waals surface area contributed by atoms with Crippen LogP contribution in [0.3, 0.4) is 0 Å². The largest absolute Gasteiger partial charge is 1.00 e. The summed E-state index contributed by atoms with van der Waals surface area (Å²) in [7, 11) is -5.04. The maximum Gasteiger partial charge on any atom is 1.00 e. The molecule has 23 heavy (non-hydrogen) atoms. The second kappa shape index (κ2) is 14.0. The topological polar surface area (TPSA) is 57.2 Å². The number of rotatable bonds is 12. The van der Waals surface area contributed by atoms with Crippen LogP contribution in [-0.2, 0) is 16.5 Å². The molecule has 0 saturated heterocycles. The van der Waals surface area contributed by atoms with Crippen LogP contribution in [0.15, 0.2) is 29.1 Å². The van der Waals surface area contributed by atoms with Crippen LogP contribution in [0.5, 0.6) is 0 Å². The van der Waals surface area contributed by atoms with Gasteiger partial charge in [0.15, 0.2) is 0 Å². The van der Waals surface area contributed by atoms with Crippen LogP contribution in [0.2, 0.25) is 0 Å². The summed E-state index contributed by atoms with van der Waals surface area (Å²) in [6.07, 6.45) is 11.8. The van der Waals surface area contributed by atoms with Gasteiger partial charge in [0.25, 0.3) is 0 Å². The van der Waals surface area contributed by atoms with Crippen molar-refractivity contribution in [1.29, 1.82) is 0 Å². The average molecular weight is 369 g/mol. The monoisotopic (exact) mass is 368 g/mol. The first kappa shape index (κ1) is 17.2. The molecule has 1 aromatic carbocycles. The number of benzene rings is 1. The summed E-state index contributed by atoms with van der Waals surface area (Å²) in [5.74, 6) is 0. The molecule has 0 atom stereocenters. The average Bonchev–Trinajstić information content (AvgIpc) is 2.56. The number of hydrogen-bond acceptors (Lipinski definition) is 3. The van der Waals surface area contributed by atoms with Gasteiger partial charge in [0.1, 0.15) is 10.1 Å². The predicted octanol–water partition coefficient (Wildman–Crippen LogP) is 2.06. The molecule has 0 N–H and O–H groups in total. The SMILES string of the molecule is [2H]c1c([2H])c(S(=O)(=O)[O-])c([2H])c([2H])c1CCCCCCCCCCCC.[K+]. The molecule has 0 aromatic heterocycles. The summed E-state index contributed by atoms with van der Waals surface area (Å²) < 4.78 is 64.7. The van der Waals surface area contributed by atoms with E-state index in [0.717, 1.165) is 25.7 Å². The van der Waals surface area contributed by atoms with E-state index >= 15 is 0 Å². The van der Waals surface area contributed by atoms with Gasteiger partial charge in [-0.3, -0.25) is 0 Å². The van der Waals surface area contributed by atoms with E-state index in [2.05, 4.69) is 6.92 Å². The van der Waals surface area contributed by atoms with Gasteiger partial charge in [-0.25, -0.2) is 8.42 Å². The van der Waals surface area contributed by atoms with Crippen molar-refractivity contribution in [1.82, 2.24) is 0 Å². The van der Waals surface area contributed by atoms with Gasteiger partial charge in [0, 0.05) is 0 Å². The van der Waals surface area contributed by atoms with Crippen molar-refractivity contribution >= 4 is 10.1 Å². The summed E-state index contributed by atoms with van der Waals surface area (Å²) >= 11 is 0. The Morgan fingerprint density at radius 3 is 1.74 bits per heavy atom. The summed E-state index contributed by atoms with van der Waals surface area (Å²) in [6, 6.07) is -2.36. The predicted molar refractivity (Wildman–Crippen MR) is 90.0 cm³/mol. The molecule has 1 rings (SSSR count). The molecule has 0 fully saturated rings. The Bertz CT molecular complexity index is 667. The van der Waals surface area contributed by atoms with E-state index in [1.54, 1.807) is 0 Å². The van der Waals surface area contributed by atoms with Crippen molar-refractivity contribution in [3.05, 3.63) is 29.7 Å². The minimum absolute atomic E-state index is 0. The molecule has 0 amide bonds. The molecule has 0 spiro atoms. The van der Waals surface area contributed by atoms with Crippen LogP contribution in [0.25, 0.3) is 0 Å². The quantitative estimate of drug-likeness (QED) is 0.322. The molecule has 0 aliphatic rings. The molecule has 0 aliphatic heterocycles. The third-order valence-electron chi connectivity index (χ3n) is 3.68. The molecule has 1 aromatic rings. The third-order valence-corrected chi connectivity index (χ3v) is 4.39. The molecular weight excluding hydrogens is 335 g/mol. The summed E-state index contributed by atoms with van der Waals surface area (Å²) in [5.41, 5.74) is 0.187. The Hall–Kier alpha value is 0.766. The third kappa shape index (κ3) is 11.9. The van der Waals surface area contributed by atoms with Crippen molar-refractivity contribution < 1.29 is 69.8 Å². The first-order valence-corrected chi connectivity index (χ1v) is 9.67. The molecule has 0 unspecified atom stereocenters. The summed E-state index contributed by atoms with van der Waals surface area (Å²) in [4.78, 5) is -1.06. The Labute approximate surface area is 190 Å². The van der Waals surface area contributed by atoms with E-state index in [9.17, 15) is 13.0 Å². The first-order chi connectivity index (χ1) is 12.2.